The Morgan fingerprint density at radius 2 is 1.93 bits per heavy atom. The third-order valence-electron chi connectivity index (χ3n) is 6.03. The lowest BCUT2D eigenvalue weighted by Gasteiger charge is -2.27. The molecule has 0 aromatic heterocycles. The van der Waals surface area contributed by atoms with Gasteiger partial charge in [-0.15, -0.1) is 0 Å². The van der Waals surface area contributed by atoms with Gasteiger partial charge in [0.2, 0.25) is 11.8 Å². The van der Waals surface area contributed by atoms with E-state index in [9.17, 15) is 14.4 Å². The average molecular weight is 419 g/mol. The van der Waals surface area contributed by atoms with Crippen LogP contribution in [0.15, 0.2) is 24.3 Å². The largest absolute Gasteiger partial charge is 0.494 e. The maximum atomic E-state index is 12.8. The Morgan fingerprint density at radius 3 is 2.57 bits per heavy atom. The highest BCUT2D eigenvalue weighted by atomic mass is 16.5. The molecule has 3 rings (SSSR count). The molecule has 1 aromatic carbocycles. The molecule has 3 amide bonds. The number of piperidine rings is 1. The molecule has 2 fully saturated rings. The van der Waals surface area contributed by atoms with Crippen molar-refractivity contribution in [2.24, 2.45) is 11.7 Å². The summed E-state index contributed by atoms with van der Waals surface area (Å²) in [5.74, 6) is 0.296. The Balaban J connectivity index is 1.42. The summed E-state index contributed by atoms with van der Waals surface area (Å²) in [6, 6.07) is 6.79. The zero-order chi connectivity index (χ0) is 21.5. The summed E-state index contributed by atoms with van der Waals surface area (Å²) in [6.07, 6.45) is 3.86. The molecule has 1 aromatic rings. The van der Waals surface area contributed by atoms with Gasteiger partial charge in [0.25, 0.3) is 5.91 Å². The van der Waals surface area contributed by atoms with Gasteiger partial charge in [-0.2, -0.15) is 0 Å². The molecule has 0 unspecified atom stereocenters. The van der Waals surface area contributed by atoms with Crippen LogP contribution in [0, 0.1) is 5.92 Å². The van der Waals surface area contributed by atoms with Crippen LogP contribution in [0.25, 0.3) is 0 Å². The van der Waals surface area contributed by atoms with Gasteiger partial charge in [-0.05, 0) is 30.7 Å². The fraction of sp³-hybridized carbons (Fsp3) is 0.591. The van der Waals surface area contributed by atoms with Crippen molar-refractivity contribution in [3.8, 4) is 5.75 Å². The van der Waals surface area contributed by atoms with Crippen LogP contribution in [0.1, 0.15) is 39.0 Å². The number of carbonyl (C=O) groups excluding carboxylic acids is 3. The van der Waals surface area contributed by atoms with Gasteiger partial charge in [0.1, 0.15) is 5.75 Å². The van der Waals surface area contributed by atoms with E-state index in [1.807, 2.05) is 12.2 Å². The smallest absolute Gasteiger partial charge is 0.292 e. The molecule has 1 atom stereocenters. The number of imide groups is 1. The number of hydrogen-bond donors (Lipinski definition) is 3. The molecule has 2 saturated heterocycles. The number of nitrogens with one attached hydrogen (secondary N) is 1. The van der Waals surface area contributed by atoms with Crippen molar-refractivity contribution >= 4 is 23.4 Å². The second kappa shape index (κ2) is 10.5. The molecule has 2 aliphatic heterocycles. The predicted molar refractivity (Wildman–Crippen MR) is 112 cm³/mol. The van der Waals surface area contributed by atoms with Gasteiger partial charge in [-0.1, -0.05) is 6.92 Å². The first-order valence-electron chi connectivity index (χ1n) is 11.1. The Morgan fingerprint density at radius 1 is 1.23 bits per heavy atom. The molecule has 30 heavy (non-hydrogen) atoms. The summed E-state index contributed by atoms with van der Waals surface area (Å²) < 4.78 is 5.56. The minimum atomic E-state index is -0.343. The van der Waals surface area contributed by atoms with E-state index in [2.05, 4.69) is 0 Å². The standard InChI is InChI=1S/C22H32N4O4/c1-2-14-30-18-6-4-17(5-7-18)26-20(27)15-19(22(26)29)24-10-3-11-25-12-8-16(9-13-25)21(23)28/h4-7,16,19,24H,2-3,8-15H2,1H3,(H2,23,28)/p+2/t19-/m1/s1. The number of quaternary nitrogens is 2. The van der Waals surface area contributed by atoms with E-state index in [-0.39, 0.29) is 36.1 Å². The first-order chi connectivity index (χ1) is 14.5. The van der Waals surface area contributed by atoms with Crippen molar-refractivity contribution in [1.29, 1.82) is 0 Å². The summed E-state index contributed by atoms with van der Waals surface area (Å²) in [5.41, 5.74) is 5.99. The molecule has 5 N–H and O–H groups in total. The van der Waals surface area contributed by atoms with E-state index < -0.39 is 0 Å². The van der Waals surface area contributed by atoms with Crippen molar-refractivity contribution < 1.29 is 29.3 Å². The highest BCUT2D eigenvalue weighted by Crippen LogP contribution is 2.24. The molecule has 8 nitrogen and oxygen atoms in total. The van der Waals surface area contributed by atoms with Crippen LogP contribution in [0.2, 0.25) is 0 Å². The summed E-state index contributed by atoms with van der Waals surface area (Å²) in [5, 5.41) is 1.99. The minimum absolute atomic E-state index is 0.0284. The van der Waals surface area contributed by atoms with Crippen molar-refractivity contribution in [2.75, 3.05) is 37.7 Å². The van der Waals surface area contributed by atoms with Crippen LogP contribution in [0.4, 0.5) is 5.69 Å². The van der Waals surface area contributed by atoms with Crippen LogP contribution >= 0.6 is 0 Å². The second-order valence-corrected chi connectivity index (χ2v) is 8.27. The number of amides is 3. The van der Waals surface area contributed by atoms with Crippen molar-refractivity contribution in [3.63, 3.8) is 0 Å². The SMILES string of the molecule is CCCOc1ccc(N2C(=O)C[C@@H]([NH2+]CCC[NH+]3CCC(C(N)=O)CC3)C2=O)cc1. The van der Waals surface area contributed by atoms with Gasteiger partial charge in [0, 0.05) is 25.2 Å². The Hall–Kier alpha value is -2.45. The number of ether oxygens (including phenoxy) is 1. The van der Waals surface area contributed by atoms with Crippen molar-refractivity contribution in [3.05, 3.63) is 24.3 Å². The summed E-state index contributed by atoms with van der Waals surface area (Å²) in [6.45, 7) is 6.45. The van der Waals surface area contributed by atoms with Gasteiger partial charge in [0.15, 0.2) is 6.04 Å². The highest BCUT2D eigenvalue weighted by Gasteiger charge is 2.42. The number of primary amides is 1. The van der Waals surface area contributed by atoms with E-state index in [1.165, 1.54) is 9.80 Å². The minimum Gasteiger partial charge on any atom is -0.494 e. The third kappa shape index (κ3) is 5.58. The highest BCUT2D eigenvalue weighted by molar-refractivity contribution is 6.21. The van der Waals surface area contributed by atoms with Crippen molar-refractivity contribution in [1.82, 2.24) is 0 Å². The Labute approximate surface area is 177 Å². The number of rotatable bonds is 10. The number of nitrogens with zero attached hydrogens (tertiary/aromatic N) is 1. The van der Waals surface area contributed by atoms with E-state index in [1.54, 1.807) is 24.3 Å². The van der Waals surface area contributed by atoms with E-state index in [0.717, 1.165) is 57.6 Å². The number of benzene rings is 1. The maximum absolute atomic E-state index is 12.8. The van der Waals surface area contributed by atoms with Gasteiger partial charge in [-0.3, -0.25) is 14.4 Å². The molecule has 0 radical (unpaired) electrons. The quantitative estimate of drug-likeness (QED) is 0.329. The number of carbonyl (C=O) groups is 3. The number of hydrogen-bond acceptors (Lipinski definition) is 4. The average Bonchev–Trinajstić information content (AvgIpc) is 3.03. The van der Waals surface area contributed by atoms with Crippen LogP contribution in [-0.4, -0.2) is 56.5 Å². The Bertz CT molecular complexity index is 744. The lowest BCUT2D eigenvalue weighted by Crippen LogP contribution is -3.13. The van der Waals surface area contributed by atoms with Gasteiger partial charge >= 0.3 is 0 Å². The van der Waals surface area contributed by atoms with Crippen LogP contribution in [0.5, 0.6) is 5.75 Å². The first kappa shape index (κ1) is 22.2. The van der Waals surface area contributed by atoms with Crippen LogP contribution in [0.3, 0.4) is 0 Å². The number of likely N-dealkylation sites (tertiary alicyclic amines) is 1. The monoisotopic (exact) mass is 418 g/mol. The van der Waals surface area contributed by atoms with E-state index in [4.69, 9.17) is 10.5 Å². The molecule has 164 valence electrons. The second-order valence-electron chi connectivity index (χ2n) is 8.27. The number of nitrogens with two attached hydrogens (primary N) is 2. The Kier molecular flexibility index (Phi) is 7.81. The summed E-state index contributed by atoms with van der Waals surface area (Å²) in [7, 11) is 0. The molecule has 0 bridgehead atoms. The molecule has 2 aliphatic rings. The molecule has 0 spiro atoms. The normalized spacial score (nSPS) is 24.3. The lowest BCUT2D eigenvalue weighted by molar-refractivity contribution is -0.907. The zero-order valence-corrected chi connectivity index (χ0v) is 17.8. The molecule has 0 aliphatic carbocycles. The number of anilines is 1. The molecule has 0 saturated carbocycles. The summed E-state index contributed by atoms with van der Waals surface area (Å²) in [4.78, 5) is 39.2. The fourth-order valence-corrected chi connectivity index (χ4v) is 4.25. The van der Waals surface area contributed by atoms with Crippen molar-refractivity contribution in [2.45, 2.75) is 45.1 Å². The molecular formula is C22H34N4O4+2. The van der Waals surface area contributed by atoms with Crippen LogP contribution < -0.4 is 25.6 Å². The van der Waals surface area contributed by atoms with Gasteiger partial charge in [0.05, 0.1) is 44.9 Å². The molecular weight excluding hydrogens is 384 g/mol. The lowest BCUT2D eigenvalue weighted by atomic mass is 9.96. The van der Waals surface area contributed by atoms with Crippen LogP contribution in [-0.2, 0) is 14.4 Å². The first-order valence-corrected chi connectivity index (χ1v) is 11.1. The van der Waals surface area contributed by atoms with Gasteiger partial charge in [-0.25, -0.2) is 4.90 Å². The predicted octanol–water partition coefficient (Wildman–Crippen LogP) is -1.16. The third-order valence-corrected chi connectivity index (χ3v) is 6.03. The summed E-state index contributed by atoms with van der Waals surface area (Å²) >= 11 is 0. The van der Waals surface area contributed by atoms with Gasteiger partial charge < -0.3 is 20.7 Å². The fourth-order valence-electron chi connectivity index (χ4n) is 4.25. The zero-order valence-electron chi connectivity index (χ0n) is 17.8. The topological polar surface area (TPSA) is 111 Å². The molecule has 2 heterocycles. The van der Waals surface area contributed by atoms with E-state index in [0.29, 0.717) is 12.3 Å². The van der Waals surface area contributed by atoms with E-state index >= 15 is 0 Å². The maximum Gasteiger partial charge on any atom is 0.292 e. The molecule has 8 heteroatoms.